The fraction of sp³-hybridized carbons (Fsp3) is 0.588. The molecule has 1 heterocycles. The Morgan fingerprint density at radius 2 is 2.10 bits per heavy atom. The summed E-state index contributed by atoms with van der Waals surface area (Å²) in [6, 6.07) is 7.91. The van der Waals surface area contributed by atoms with Crippen LogP contribution in [0.15, 0.2) is 24.3 Å². The Morgan fingerprint density at radius 3 is 2.75 bits per heavy atom. The molecule has 1 aliphatic rings. The van der Waals surface area contributed by atoms with Crippen LogP contribution < -0.4 is 4.74 Å². The van der Waals surface area contributed by atoms with Gasteiger partial charge in [-0.05, 0) is 42.9 Å². The van der Waals surface area contributed by atoms with Crippen LogP contribution >= 0.6 is 0 Å². The Labute approximate surface area is 121 Å². The molecule has 1 saturated heterocycles. The highest BCUT2D eigenvalue weighted by atomic mass is 16.5. The zero-order valence-electron chi connectivity index (χ0n) is 12.4. The van der Waals surface area contributed by atoms with Gasteiger partial charge in [0.2, 0.25) is 0 Å². The van der Waals surface area contributed by atoms with Crippen molar-refractivity contribution in [3.63, 3.8) is 0 Å². The average Bonchev–Trinajstić information content (AvgIpc) is 2.48. The Kier molecular flexibility index (Phi) is 5.60. The SMILES string of the molecule is COc1ccc(CCC(=O)C[C@H]2OCCC[C@H]2C)cc1. The van der Waals surface area contributed by atoms with Crippen LogP contribution in [0.3, 0.4) is 0 Å². The first kappa shape index (κ1) is 15.0. The molecule has 1 aliphatic heterocycles. The summed E-state index contributed by atoms with van der Waals surface area (Å²) in [5.74, 6) is 1.66. The number of carbonyl (C=O) groups excluding carboxylic acids is 1. The number of hydrogen-bond acceptors (Lipinski definition) is 3. The van der Waals surface area contributed by atoms with Gasteiger partial charge in [-0.15, -0.1) is 0 Å². The minimum absolute atomic E-state index is 0.132. The number of ether oxygens (including phenoxy) is 2. The predicted octanol–water partition coefficient (Wildman–Crippen LogP) is 3.40. The van der Waals surface area contributed by atoms with Crippen LogP contribution in [-0.4, -0.2) is 25.6 Å². The highest BCUT2D eigenvalue weighted by Gasteiger charge is 2.24. The normalized spacial score (nSPS) is 22.5. The molecule has 0 radical (unpaired) electrons. The van der Waals surface area contributed by atoms with Crippen molar-refractivity contribution in [2.45, 2.75) is 45.1 Å². The highest BCUT2D eigenvalue weighted by Crippen LogP contribution is 2.23. The second-order valence-corrected chi connectivity index (χ2v) is 5.62. The van der Waals surface area contributed by atoms with Gasteiger partial charge < -0.3 is 9.47 Å². The van der Waals surface area contributed by atoms with Gasteiger partial charge in [0.1, 0.15) is 11.5 Å². The van der Waals surface area contributed by atoms with Gasteiger partial charge in [0, 0.05) is 19.4 Å². The van der Waals surface area contributed by atoms with Gasteiger partial charge in [-0.3, -0.25) is 4.79 Å². The Hall–Kier alpha value is -1.35. The topological polar surface area (TPSA) is 35.5 Å². The maximum atomic E-state index is 12.0. The summed E-state index contributed by atoms with van der Waals surface area (Å²) >= 11 is 0. The molecule has 2 rings (SSSR count). The molecule has 20 heavy (non-hydrogen) atoms. The molecule has 0 aliphatic carbocycles. The van der Waals surface area contributed by atoms with Crippen molar-refractivity contribution in [3.05, 3.63) is 29.8 Å². The zero-order chi connectivity index (χ0) is 14.4. The molecule has 1 aromatic rings. The largest absolute Gasteiger partial charge is 0.497 e. The van der Waals surface area contributed by atoms with Crippen LogP contribution in [0.5, 0.6) is 5.75 Å². The van der Waals surface area contributed by atoms with Crippen molar-refractivity contribution in [2.75, 3.05) is 13.7 Å². The summed E-state index contributed by atoms with van der Waals surface area (Å²) in [4.78, 5) is 12.0. The van der Waals surface area contributed by atoms with E-state index in [1.54, 1.807) is 7.11 Å². The van der Waals surface area contributed by atoms with E-state index in [1.807, 2.05) is 24.3 Å². The number of benzene rings is 1. The lowest BCUT2D eigenvalue weighted by Crippen LogP contribution is -2.30. The van der Waals surface area contributed by atoms with E-state index in [1.165, 1.54) is 12.0 Å². The number of hydrogen-bond donors (Lipinski definition) is 0. The molecule has 1 fully saturated rings. The molecule has 0 amide bonds. The van der Waals surface area contributed by atoms with Crippen molar-refractivity contribution in [1.82, 2.24) is 0 Å². The Morgan fingerprint density at radius 1 is 1.35 bits per heavy atom. The number of rotatable bonds is 6. The monoisotopic (exact) mass is 276 g/mol. The summed E-state index contributed by atoms with van der Waals surface area (Å²) < 4.78 is 10.8. The molecule has 0 N–H and O–H groups in total. The number of methoxy groups -OCH3 is 1. The molecule has 110 valence electrons. The van der Waals surface area contributed by atoms with Crippen LogP contribution in [0, 0.1) is 5.92 Å². The number of aryl methyl sites for hydroxylation is 1. The minimum Gasteiger partial charge on any atom is -0.497 e. The maximum Gasteiger partial charge on any atom is 0.135 e. The molecule has 0 saturated carbocycles. The van der Waals surface area contributed by atoms with Crippen molar-refractivity contribution >= 4 is 5.78 Å². The highest BCUT2D eigenvalue weighted by molar-refractivity contribution is 5.79. The third-order valence-corrected chi connectivity index (χ3v) is 4.05. The van der Waals surface area contributed by atoms with E-state index >= 15 is 0 Å². The zero-order valence-corrected chi connectivity index (χ0v) is 12.4. The van der Waals surface area contributed by atoms with Crippen molar-refractivity contribution in [1.29, 1.82) is 0 Å². The summed E-state index contributed by atoms with van der Waals surface area (Å²) in [5.41, 5.74) is 1.18. The van der Waals surface area contributed by atoms with Gasteiger partial charge in [0.15, 0.2) is 0 Å². The number of Topliss-reactive ketones (excluding diaryl/α,β-unsaturated/α-hetero) is 1. The minimum atomic E-state index is 0.132. The fourth-order valence-corrected chi connectivity index (χ4v) is 2.65. The summed E-state index contributed by atoms with van der Waals surface area (Å²) in [6.07, 6.45) is 4.39. The summed E-state index contributed by atoms with van der Waals surface area (Å²) in [7, 11) is 1.66. The van der Waals surface area contributed by atoms with Gasteiger partial charge in [-0.2, -0.15) is 0 Å². The molecule has 0 spiro atoms. The third-order valence-electron chi connectivity index (χ3n) is 4.05. The van der Waals surface area contributed by atoms with Crippen LogP contribution in [0.2, 0.25) is 0 Å². The van der Waals surface area contributed by atoms with E-state index in [2.05, 4.69) is 6.92 Å². The van der Waals surface area contributed by atoms with Crippen molar-refractivity contribution in [3.8, 4) is 5.75 Å². The van der Waals surface area contributed by atoms with E-state index in [-0.39, 0.29) is 6.10 Å². The molecule has 3 heteroatoms. The molecule has 0 unspecified atom stereocenters. The quantitative estimate of drug-likeness (QED) is 0.799. The number of ketones is 1. The van der Waals surface area contributed by atoms with Gasteiger partial charge in [0.25, 0.3) is 0 Å². The standard InChI is InChI=1S/C17H24O3/c1-13-4-3-11-20-17(13)12-15(18)8-5-14-6-9-16(19-2)10-7-14/h6-7,9-10,13,17H,3-5,8,11-12H2,1-2H3/t13-,17-/m1/s1. The van der Waals surface area contributed by atoms with Crippen molar-refractivity contribution in [2.24, 2.45) is 5.92 Å². The van der Waals surface area contributed by atoms with E-state index in [4.69, 9.17) is 9.47 Å². The molecule has 0 bridgehead atoms. The van der Waals surface area contributed by atoms with E-state index in [0.29, 0.717) is 24.5 Å². The predicted molar refractivity (Wildman–Crippen MR) is 79.1 cm³/mol. The van der Waals surface area contributed by atoms with Crippen LogP contribution in [0.1, 0.15) is 38.2 Å². The lowest BCUT2D eigenvalue weighted by atomic mass is 9.92. The van der Waals surface area contributed by atoms with Crippen LogP contribution in [-0.2, 0) is 16.0 Å². The van der Waals surface area contributed by atoms with Gasteiger partial charge in [-0.1, -0.05) is 19.1 Å². The first-order valence-electron chi connectivity index (χ1n) is 7.45. The third kappa shape index (κ3) is 4.34. The Bertz CT molecular complexity index is 424. The van der Waals surface area contributed by atoms with Crippen molar-refractivity contribution < 1.29 is 14.3 Å². The van der Waals surface area contributed by atoms with Gasteiger partial charge in [0.05, 0.1) is 13.2 Å². The van der Waals surface area contributed by atoms with E-state index in [9.17, 15) is 4.79 Å². The summed E-state index contributed by atoms with van der Waals surface area (Å²) in [6.45, 7) is 2.99. The fourth-order valence-electron chi connectivity index (χ4n) is 2.65. The maximum absolute atomic E-state index is 12.0. The molecular formula is C17H24O3. The van der Waals surface area contributed by atoms with E-state index < -0.39 is 0 Å². The van der Waals surface area contributed by atoms with Gasteiger partial charge >= 0.3 is 0 Å². The second-order valence-electron chi connectivity index (χ2n) is 5.62. The second kappa shape index (κ2) is 7.44. The van der Waals surface area contributed by atoms with Crippen LogP contribution in [0.25, 0.3) is 0 Å². The first-order valence-corrected chi connectivity index (χ1v) is 7.45. The molecule has 1 aromatic carbocycles. The molecule has 0 aromatic heterocycles. The number of carbonyl (C=O) groups is 1. The average molecular weight is 276 g/mol. The lowest BCUT2D eigenvalue weighted by molar-refractivity contribution is -0.124. The Balaban J connectivity index is 1.76. The lowest BCUT2D eigenvalue weighted by Gasteiger charge is -2.28. The van der Waals surface area contributed by atoms with Gasteiger partial charge in [-0.25, -0.2) is 0 Å². The summed E-state index contributed by atoms with van der Waals surface area (Å²) in [5, 5.41) is 0. The van der Waals surface area contributed by atoms with Crippen LogP contribution in [0.4, 0.5) is 0 Å². The smallest absolute Gasteiger partial charge is 0.135 e. The first-order chi connectivity index (χ1) is 9.69. The molecule has 2 atom stereocenters. The molecule has 3 nitrogen and oxygen atoms in total. The van der Waals surface area contributed by atoms with E-state index in [0.717, 1.165) is 25.2 Å². The molecular weight excluding hydrogens is 252 g/mol.